The summed E-state index contributed by atoms with van der Waals surface area (Å²) in [6.07, 6.45) is 0. The summed E-state index contributed by atoms with van der Waals surface area (Å²) in [5.41, 5.74) is 0. The third-order valence-electron chi connectivity index (χ3n) is 2.86. The van der Waals surface area contributed by atoms with Crippen LogP contribution < -0.4 is 0 Å². The summed E-state index contributed by atoms with van der Waals surface area (Å²) >= 11 is 127. The Kier molecular flexibility index (Phi) is 133. The summed E-state index contributed by atoms with van der Waals surface area (Å²) in [5.74, 6) is 0. The van der Waals surface area contributed by atoms with E-state index in [9.17, 15) is 0 Å². The van der Waals surface area contributed by atoms with E-state index in [4.69, 9.17) is 0 Å². The molecule has 0 aliphatic heterocycles. The molecule has 0 aliphatic rings. The molecule has 0 aromatic heterocycles. The summed E-state index contributed by atoms with van der Waals surface area (Å²) in [4.78, 5) is 0. The Morgan fingerprint density at radius 1 is 0.0676 bits per heavy atom. The van der Waals surface area contributed by atoms with E-state index < -0.39 is 284 Å². The molecule has 0 fully saturated rings. The molecule has 0 amide bonds. The van der Waals surface area contributed by atoms with Gasteiger partial charge < -0.3 is 0 Å². The quantitative estimate of drug-likeness (QED) is 0.0555. The molecule has 0 saturated carbocycles. The number of hydrogen-bond donors (Lipinski definition) is 0. The Balaban J connectivity index is 5.78. The zero-order valence-corrected chi connectivity index (χ0v) is 188. The molecule has 0 unspecified atom stereocenters. The molecule has 0 bridgehead atoms. The van der Waals surface area contributed by atoms with Crippen LogP contribution >= 0.6 is 992 Å². The maximum atomic E-state index is 3.45. The van der Waals surface area contributed by atoms with Crippen molar-refractivity contribution in [3.05, 3.63) is 0 Å². The predicted octanol–water partition coefficient (Wildman–Crippen LogP) is 65.5. The Morgan fingerprint density at radius 3 is 0.149 bits per heavy atom. The minimum absolute atomic E-state index is 0.481. The monoisotopic (exact) mass is 9390 g/mol. The molecule has 518 valence electrons. The molecule has 0 spiro atoms. The SMILES string of the molecule is II(I)I(I)I(I)I(I)I(I)I(I)I(I)I(I)I(I)I(I)I(I)I(I)I(I)I(I)I(I)I(I)I(I)I(I)I(I)I(I)I(I)I(I)I(I)I(I)I(I)I(I)I(I)I(I)I(I)I(I)I(I)I(I)I(I)I(I)I(I)I(I)I. The first-order chi connectivity index (χ1) is 33.6. The van der Waals surface area contributed by atoms with E-state index in [1.165, 1.54) is 0 Å². The summed E-state index contributed by atoms with van der Waals surface area (Å²) in [5, 5.41) is 0. The average molecular weight is 9390 g/mol. The summed E-state index contributed by atoms with van der Waals surface area (Å²) in [6, 6.07) is 0. The second-order valence-corrected chi connectivity index (χ2v) is 1760. The molecular weight excluding hydrogens is 9390 g/mol. The molecule has 0 atom stereocenters. The first kappa shape index (κ1) is 128. The molecular formula is I74. The molecule has 0 heterocycles. The molecule has 0 N–H and O–H groups in total. The van der Waals surface area contributed by atoms with Crippen LogP contribution in [0, 0.1) is 0 Å². The van der Waals surface area contributed by atoms with Crippen LogP contribution in [0.5, 0.6) is 0 Å². The maximum absolute atomic E-state index is 3.45. The minimum atomic E-state index is -0.629. The molecule has 0 aliphatic carbocycles. The van der Waals surface area contributed by atoms with Gasteiger partial charge in [-0.05, 0) is 0 Å². The Labute approximate surface area is 931 Å². The van der Waals surface area contributed by atoms with Crippen molar-refractivity contribution in [1.29, 1.82) is 0 Å². The molecule has 0 saturated heterocycles. The van der Waals surface area contributed by atoms with E-state index in [0.717, 1.165) is 0 Å². The van der Waals surface area contributed by atoms with E-state index in [1.54, 1.807) is 0 Å². The predicted molar refractivity (Wildman–Crippen MR) is 1040 cm³/mol. The van der Waals surface area contributed by atoms with E-state index in [-0.39, 0.29) is 0 Å². The fourth-order valence-corrected chi connectivity index (χ4v) is 14300. The summed E-state index contributed by atoms with van der Waals surface area (Å²) < 4.78 is 0. The second-order valence-electron chi connectivity index (χ2n) is 5.83. The van der Waals surface area contributed by atoms with Crippen LogP contribution in [0.2, 0.25) is 0 Å². The number of halogens is 74. The normalized spacial score (nSPS) is 19.1. The molecule has 74 heavy (non-hydrogen) atoms. The van der Waals surface area contributed by atoms with Crippen LogP contribution in [0.4, 0.5) is 0 Å². The third kappa shape index (κ3) is 52.3. The van der Waals surface area contributed by atoms with Gasteiger partial charge in [-0.2, -0.15) is 0 Å². The standard InChI is InChI=1S/I74/c1-39(2)41(5)43(7)45(9)47(11)49(13)51(15)53(17)55(19)57(21)59(23)61(25)63(27)65(29)67(31)69(33)71(35)73(37)74(38)72(36)70(34)68(32)66(30)64(28)62(26)60(24)58(22)56(20)54(18)52(16)50(14)48(12)46(10)44(8)42(6)40(3)4. The van der Waals surface area contributed by atoms with Gasteiger partial charge >= 0.3 is 992 Å². The van der Waals surface area contributed by atoms with Crippen molar-refractivity contribution in [2.45, 2.75) is 0 Å². The van der Waals surface area contributed by atoms with E-state index in [0.29, 0.717) is 0 Å². The van der Waals surface area contributed by atoms with Crippen molar-refractivity contribution in [3.63, 3.8) is 0 Å². The van der Waals surface area contributed by atoms with Gasteiger partial charge in [-0.1, -0.05) is 0 Å². The Bertz CT molecular complexity index is 1350. The van der Waals surface area contributed by atoms with Crippen LogP contribution in [-0.2, 0) is 0 Å². The van der Waals surface area contributed by atoms with Gasteiger partial charge in [0.05, 0.1) is 0 Å². The topological polar surface area (TPSA) is 0 Å². The first-order valence-electron chi connectivity index (χ1n) is 10.4. The summed E-state index contributed by atoms with van der Waals surface area (Å²) in [7, 11) is -20.9. The first-order valence-corrected chi connectivity index (χ1v) is 469. The molecule has 0 aromatic carbocycles. The van der Waals surface area contributed by atoms with Crippen molar-refractivity contribution < 1.29 is 0 Å². The third-order valence-corrected chi connectivity index (χ3v) is 5790. The fourth-order valence-electron chi connectivity index (χ4n) is 1.05. The van der Waals surface area contributed by atoms with Crippen LogP contribution in [0.1, 0.15) is 0 Å². The van der Waals surface area contributed by atoms with E-state index >= 15 is 0 Å². The van der Waals surface area contributed by atoms with Crippen molar-refractivity contribution in [3.8, 4) is 0 Å². The van der Waals surface area contributed by atoms with Crippen LogP contribution in [-0.4, -0.2) is 0 Å². The van der Waals surface area contributed by atoms with E-state index in [1.807, 2.05) is 0 Å². The van der Waals surface area contributed by atoms with Crippen molar-refractivity contribution in [2.75, 3.05) is 0 Å². The van der Waals surface area contributed by atoms with Crippen LogP contribution in [0.3, 0.4) is 0 Å². The van der Waals surface area contributed by atoms with Gasteiger partial charge in [-0.3, -0.25) is 0 Å². The molecule has 0 radical (unpaired) electrons. The van der Waals surface area contributed by atoms with Gasteiger partial charge in [0, 0.05) is 0 Å². The number of rotatable bonds is 35. The second kappa shape index (κ2) is 76.8. The van der Waals surface area contributed by atoms with Crippen LogP contribution in [0.25, 0.3) is 0 Å². The molecule has 0 nitrogen and oxygen atoms in total. The van der Waals surface area contributed by atoms with E-state index in [2.05, 4.69) is 707 Å². The van der Waals surface area contributed by atoms with Gasteiger partial charge in [0.1, 0.15) is 0 Å². The molecule has 0 aromatic rings. The Morgan fingerprint density at radius 2 is 0.108 bits per heavy atom. The zero-order chi connectivity index (χ0) is 58.8. The molecule has 74 heteroatoms. The van der Waals surface area contributed by atoms with Gasteiger partial charge in [-0.15, -0.1) is 0 Å². The Hall–Kier alpha value is 54.0. The van der Waals surface area contributed by atoms with Crippen molar-refractivity contribution >= 4 is 992 Å². The van der Waals surface area contributed by atoms with Crippen LogP contribution in [0.15, 0.2) is 0 Å². The van der Waals surface area contributed by atoms with Crippen molar-refractivity contribution in [1.82, 2.24) is 0 Å². The number of hydrogen-bond acceptors (Lipinski definition) is 0. The fraction of sp³-hybridized carbons (Fsp3) is 0. The molecule has 0 rings (SSSR count). The summed E-state index contributed by atoms with van der Waals surface area (Å²) in [6.45, 7) is 0. The van der Waals surface area contributed by atoms with Crippen molar-refractivity contribution in [2.24, 2.45) is 0 Å². The van der Waals surface area contributed by atoms with Gasteiger partial charge in [0.15, 0.2) is 0 Å². The zero-order valence-electron chi connectivity index (χ0n) is 28.0. The average Bonchev–Trinajstić information content (AvgIpc) is 3.39. The van der Waals surface area contributed by atoms with Gasteiger partial charge in [-0.25, -0.2) is 0 Å². The van der Waals surface area contributed by atoms with Gasteiger partial charge in [0.25, 0.3) is 0 Å². The van der Waals surface area contributed by atoms with Gasteiger partial charge in [0.2, 0.25) is 0 Å².